The molecule has 0 unspecified atom stereocenters. The Morgan fingerprint density at radius 2 is 1.89 bits per heavy atom. The average molecular weight is 555 g/mol. The highest BCUT2D eigenvalue weighted by atomic mass is 33.1. The molecule has 0 aliphatic carbocycles. The van der Waals surface area contributed by atoms with E-state index in [2.05, 4.69) is 17.2 Å². The number of rotatable bonds is 7. The Morgan fingerprint density at radius 3 is 2.58 bits per heavy atom. The molecule has 2 aromatic carbocycles. The van der Waals surface area contributed by atoms with Crippen LogP contribution in [0.15, 0.2) is 48.7 Å². The van der Waals surface area contributed by atoms with Crippen molar-refractivity contribution in [3.8, 4) is 5.69 Å². The third kappa shape index (κ3) is 6.71. The van der Waals surface area contributed by atoms with Gasteiger partial charge in [0.25, 0.3) is 5.91 Å². The Morgan fingerprint density at radius 1 is 1.16 bits per heavy atom. The van der Waals surface area contributed by atoms with Gasteiger partial charge in [0.1, 0.15) is 12.1 Å². The maximum Gasteiger partial charge on any atom is 0.409 e. The van der Waals surface area contributed by atoms with Crippen molar-refractivity contribution in [3.05, 3.63) is 59.8 Å². The maximum absolute atomic E-state index is 12.8. The second-order valence-electron chi connectivity index (χ2n) is 10.7. The van der Waals surface area contributed by atoms with E-state index in [1.54, 1.807) is 21.7 Å². The number of carbonyl (C=O) groups is 3. The summed E-state index contributed by atoms with van der Waals surface area (Å²) in [4.78, 5) is 38.4. The van der Waals surface area contributed by atoms with Crippen LogP contribution in [-0.4, -0.2) is 56.7 Å². The van der Waals surface area contributed by atoms with Crippen LogP contribution < -0.4 is 5.73 Å². The number of piperidine rings is 1. The number of carbonyl (C=O) groups excluding carboxylic acids is 3. The standard InChI is InChI=1S/C28H34N4O4S2/c1-18(37-38-26(34)28(2,3)4)17-36-27(35)31-14-6-8-20(15-31)19-10-12-22(13-11-19)32-16-21-7-5-9-23(25(29)33)24(21)30-32/h5,7,9-13,16,18,20H,6,8,14-15,17H2,1-4H3,(H2,29,33)/t18-,20+/m0/s1. The molecule has 0 spiro atoms. The van der Waals surface area contributed by atoms with Crippen molar-refractivity contribution in [2.24, 2.45) is 11.1 Å². The second kappa shape index (κ2) is 11.8. The first-order valence-corrected chi connectivity index (χ1v) is 14.9. The summed E-state index contributed by atoms with van der Waals surface area (Å²) in [6.45, 7) is 9.19. The van der Waals surface area contributed by atoms with Crippen molar-refractivity contribution in [1.29, 1.82) is 0 Å². The van der Waals surface area contributed by atoms with Crippen molar-refractivity contribution >= 4 is 49.6 Å². The molecule has 0 bridgehead atoms. The lowest BCUT2D eigenvalue weighted by Crippen LogP contribution is -2.40. The van der Waals surface area contributed by atoms with Gasteiger partial charge in [0.05, 0.1) is 11.3 Å². The summed E-state index contributed by atoms with van der Waals surface area (Å²) in [7, 11) is 2.67. The Hall–Kier alpha value is -2.98. The van der Waals surface area contributed by atoms with Crippen molar-refractivity contribution in [3.63, 3.8) is 0 Å². The predicted molar refractivity (Wildman–Crippen MR) is 154 cm³/mol. The molecule has 1 aromatic heterocycles. The van der Waals surface area contributed by atoms with Crippen molar-refractivity contribution < 1.29 is 19.1 Å². The number of aromatic nitrogens is 2. The maximum atomic E-state index is 12.8. The highest BCUT2D eigenvalue weighted by molar-refractivity contribution is 8.82. The third-order valence-corrected chi connectivity index (χ3v) is 9.51. The zero-order valence-electron chi connectivity index (χ0n) is 22.2. The monoisotopic (exact) mass is 554 g/mol. The highest BCUT2D eigenvalue weighted by Gasteiger charge is 2.27. The van der Waals surface area contributed by atoms with E-state index in [1.165, 1.54) is 21.6 Å². The summed E-state index contributed by atoms with van der Waals surface area (Å²) in [5, 5.41) is 5.55. The molecule has 2 heterocycles. The molecule has 0 saturated carbocycles. The first kappa shape index (κ1) is 28.0. The van der Waals surface area contributed by atoms with Gasteiger partial charge in [-0.3, -0.25) is 9.59 Å². The lowest BCUT2D eigenvalue weighted by atomic mass is 9.91. The van der Waals surface area contributed by atoms with Crippen LogP contribution in [0.3, 0.4) is 0 Å². The smallest absolute Gasteiger partial charge is 0.409 e. The minimum Gasteiger partial charge on any atom is -0.448 e. The fourth-order valence-electron chi connectivity index (χ4n) is 4.25. The van der Waals surface area contributed by atoms with E-state index >= 15 is 0 Å². The molecule has 1 aliphatic rings. The second-order valence-corrected chi connectivity index (χ2v) is 13.3. The van der Waals surface area contributed by atoms with Crippen molar-refractivity contribution in [2.75, 3.05) is 19.7 Å². The van der Waals surface area contributed by atoms with E-state index in [-0.39, 0.29) is 29.0 Å². The van der Waals surface area contributed by atoms with Gasteiger partial charge in [0.2, 0.25) is 5.12 Å². The molecule has 8 nitrogen and oxygen atoms in total. The average Bonchev–Trinajstić information content (AvgIpc) is 3.34. The molecular formula is C28H34N4O4S2. The summed E-state index contributed by atoms with van der Waals surface area (Å²) in [6.07, 6.45) is 3.47. The molecule has 38 heavy (non-hydrogen) atoms. The SMILES string of the molecule is C[C@@H](COC(=O)N1CCC[C@@H](c2ccc(-n3cc4cccc(C(N)=O)c4n3)cc2)C1)SSC(=O)C(C)(C)C. The molecule has 2 amide bonds. The molecule has 3 aromatic rings. The number of likely N-dealkylation sites (tertiary alicyclic amines) is 1. The fourth-order valence-corrected chi connectivity index (χ4v) is 6.55. The summed E-state index contributed by atoms with van der Waals surface area (Å²) in [5.41, 5.74) is 8.11. The van der Waals surface area contributed by atoms with Gasteiger partial charge in [-0.1, -0.05) is 55.8 Å². The van der Waals surface area contributed by atoms with E-state index in [9.17, 15) is 14.4 Å². The molecule has 202 valence electrons. The van der Waals surface area contributed by atoms with Crippen LogP contribution in [0.5, 0.6) is 0 Å². The lowest BCUT2D eigenvalue weighted by molar-refractivity contribution is -0.117. The summed E-state index contributed by atoms with van der Waals surface area (Å²) < 4.78 is 7.32. The Kier molecular flexibility index (Phi) is 8.72. The van der Waals surface area contributed by atoms with E-state index < -0.39 is 11.3 Å². The van der Waals surface area contributed by atoms with Crippen LogP contribution in [0, 0.1) is 5.41 Å². The van der Waals surface area contributed by atoms with Crippen molar-refractivity contribution in [2.45, 2.75) is 51.7 Å². The zero-order chi connectivity index (χ0) is 27.4. The topological polar surface area (TPSA) is 108 Å². The van der Waals surface area contributed by atoms with Crippen LogP contribution in [0.2, 0.25) is 0 Å². The largest absolute Gasteiger partial charge is 0.448 e. The molecule has 1 saturated heterocycles. The number of fused-ring (bicyclic) bond motifs is 1. The van der Waals surface area contributed by atoms with Gasteiger partial charge < -0.3 is 15.4 Å². The zero-order valence-corrected chi connectivity index (χ0v) is 23.8. The van der Waals surface area contributed by atoms with Gasteiger partial charge >= 0.3 is 6.09 Å². The molecule has 2 atom stereocenters. The molecule has 4 rings (SSSR count). The summed E-state index contributed by atoms with van der Waals surface area (Å²) in [6, 6.07) is 13.5. The van der Waals surface area contributed by atoms with Crippen LogP contribution in [0.4, 0.5) is 4.79 Å². The molecule has 2 N–H and O–H groups in total. The highest BCUT2D eigenvalue weighted by Crippen LogP contribution is 2.34. The Balaban J connectivity index is 1.34. The minimum atomic E-state index is -0.501. The fraction of sp³-hybridized carbons (Fsp3) is 0.429. The van der Waals surface area contributed by atoms with Crippen LogP contribution in [0.25, 0.3) is 16.6 Å². The molecule has 1 fully saturated rings. The van der Waals surface area contributed by atoms with E-state index in [0.717, 1.165) is 29.5 Å². The number of ether oxygens (including phenoxy) is 1. The van der Waals surface area contributed by atoms with E-state index in [1.807, 2.05) is 52.1 Å². The number of nitrogens with two attached hydrogens (primary N) is 1. The van der Waals surface area contributed by atoms with Gasteiger partial charge in [-0.25, -0.2) is 9.48 Å². The summed E-state index contributed by atoms with van der Waals surface area (Å²) >= 11 is 0. The first-order chi connectivity index (χ1) is 18.0. The number of hydrogen-bond acceptors (Lipinski definition) is 7. The van der Waals surface area contributed by atoms with E-state index in [0.29, 0.717) is 24.2 Å². The lowest BCUT2D eigenvalue weighted by Gasteiger charge is -2.32. The number of amides is 2. The number of hydrogen-bond donors (Lipinski definition) is 1. The third-order valence-electron chi connectivity index (χ3n) is 6.45. The van der Waals surface area contributed by atoms with Crippen LogP contribution in [0.1, 0.15) is 62.4 Å². The molecular weight excluding hydrogens is 520 g/mol. The quantitative estimate of drug-likeness (QED) is 0.369. The molecule has 10 heteroatoms. The van der Waals surface area contributed by atoms with Gasteiger partial charge in [-0.2, -0.15) is 5.10 Å². The first-order valence-electron chi connectivity index (χ1n) is 12.7. The number of primary amides is 1. The minimum absolute atomic E-state index is 0.0152. The normalized spacial score (nSPS) is 16.8. The summed E-state index contributed by atoms with van der Waals surface area (Å²) in [5.74, 6) is -0.283. The van der Waals surface area contributed by atoms with Crippen molar-refractivity contribution in [1.82, 2.24) is 14.7 Å². The van der Waals surface area contributed by atoms with Gasteiger partial charge in [-0.15, -0.1) is 0 Å². The van der Waals surface area contributed by atoms with E-state index in [4.69, 9.17) is 10.5 Å². The van der Waals surface area contributed by atoms with Gasteiger partial charge in [0, 0.05) is 41.3 Å². The molecule has 0 radical (unpaired) electrons. The van der Waals surface area contributed by atoms with Gasteiger partial charge in [0.15, 0.2) is 0 Å². The number of nitrogens with zero attached hydrogens (tertiary/aromatic N) is 3. The Labute approximate surface area is 231 Å². The Bertz CT molecular complexity index is 1320. The molecule has 1 aliphatic heterocycles. The number of benzene rings is 2. The van der Waals surface area contributed by atoms with Crippen LogP contribution in [-0.2, 0) is 9.53 Å². The van der Waals surface area contributed by atoms with Crippen LogP contribution >= 0.6 is 21.6 Å². The van der Waals surface area contributed by atoms with Gasteiger partial charge in [-0.05, 0) is 54.3 Å². The predicted octanol–water partition coefficient (Wildman–Crippen LogP) is 5.78.